The second kappa shape index (κ2) is 9.42. The van der Waals surface area contributed by atoms with Crippen molar-refractivity contribution in [2.45, 2.75) is 6.92 Å². The number of hydrogen-bond acceptors (Lipinski definition) is 5. The fourth-order valence-electron chi connectivity index (χ4n) is 3.51. The Kier molecular flexibility index (Phi) is 6.47. The van der Waals surface area contributed by atoms with Gasteiger partial charge in [-0.3, -0.25) is 4.79 Å². The molecule has 154 valence electrons. The lowest BCUT2D eigenvalue weighted by Gasteiger charge is -2.35. The van der Waals surface area contributed by atoms with Gasteiger partial charge in [0.15, 0.2) is 0 Å². The second-order valence-corrected chi connectivity index (χ2v) is 8.14. The number of nitrogens with zero attached hydrogens (tertiary/aromatic N) is 4. The van der Waals surface area contributed by atoms with E-state index >= 15 is 0 Å². The largest absolute Gasteiger partial charge is 0.494 e. The molecular weight excluding hydrogens is 491 g/mol. The molecule has 2 heterocycles. The smallest absolute Gasteiger partial charge is 0.255 e. The Bertz CT molecular complexity index is 1020. The molecule has 0 aliphatic carbocycles. The zero-order valence-electron chi connectivity index (χ0n) is 16.8. The van der Waals surface area contributed by atoms with Gasteiger partial charge in [-0.1, -0.05) is 12.1 Å². The molecule has 0 spiro atoms. The van der Waals surface area contributed by atoms with Gasteiger partial charge in [0.1, 0.15) is 17.9 Å². The van der Waals surface area contributed by atoms with Crippen LogP contribution in [0.25, 0.3) is 11.3 Å². The molecule has 1 saturated heterocycles. The molecule has 0 bridgehead atoms. The number of anilines is 1. The van der Waals surface area contributed by atoms with E-state index in [1.165, 1.54) is 0 Å². The number of aromatic nitrogens is 2. The summed E-state index contributed by atoms with van der Waals surface area (Å²) in [5.74, 6) is 1.83. The summed E-state index contributed by atoms with van der Waals surface area (Å²) in [6.45, 7) is 5.45. The lowest BCUT2D eigenvalue weighted by molar-refractivity contribution is 0.0745. The number of halogens is 1. The first kappa shape index (κ1) is 20.6. The van der Waals surface area contributed by atoms with E-state index in [1.807, 2.05) is 66.4 Å². The van der Waals surface area contributed by atoms with Gasteiger partial charge in [0.25, 0.3) is 5.91 Å². The Morgan fingerprint density at radius 1 is 1.03 bits per heavy atom. The normalized spacial score (nSPS) is 13.9. The summed E-state index contributed by atoms with van der Waals surface area (Å²) >= 11 is 2.22. The molecule has 0 unspecified atom stereocenters. The van der Waals surface area contributed by atoms with Crippen LogP contribution in [0, 0.1) is 3.57 Å². The van der Waals surface area contributed by atoms with Crippen molar-refractivity contribution in [3.8, 4) is 17.0 Å². The molecule has 1 fully saturated rings. The molecular formula is C23H23IN4O2. The molecule has 1 amide bonds. The Hall–Kier alpha value is -2.68. The number of carbonyl (C=O) groups is 1. The minimum atomic E-state index is 0.0948. The molecule has 2 aromatic carbocycles. The molecule has 0 N–H and O–H groups in total. The third-order valence-electron chi connectivity index (χ3n) is 5.11. The van der Waals surface area contributed by atoms with E-state index < -0.39 is 0 Å². The van der Waals surface area contributed by atoms with Crippen LogP contribution >= 0.6 is 22.6 Å². The first-order valence-corrected chi connectivity index (χ1v) is 11.1. The number of piperazine rings is 1. The molecule has 7 heteroatoms. The summed E-state index contributed by atoms with van der Waals surface area (Å²) in [6.07, 6.45) is 1.60. The molecule has 0 radical (unpaired) electrons. The lowest BCUT2D eigenvalue weighted by atomic mass is 10.1. The van der Waals surface area contributed by atoms with Gasteiger partial charge in [-0.15, -0.1) is 0 Å². The Morgan fingerprint density at radius 2 is 1.77 bits per heavy atom. The maximum Gasteiger partial charge on any atom is 0.255 e. The van der Waals surface area contributed by atoms with E-state index in [1.54, 1.807) is 6.33 Å². The van der Waals surface area contributed by atoms with Crippen LogP contribution in [0.5, 0.6) is 5.75 Å². The topological polar surface area (TPSA) is 58.6 Å². The predicted octanol–water partition coefficient (Wildman–Crippen LogP) is 4.11. The number of ether oxygens (including phenoxy) is 1. The highest BCUT2D eigenvalue weighted by Crippen LogP contribution is 2.24. The van der Waals surface area contributed by atoms with Crippen molar-refractivity contribution in [3.63, 3.8) is 0 Å². The van der Waals surface area contributed by atoms with E-state index in [-0.39, 0.29) is 5.91 Å². The standard InChI is InChI=1S/C23H23IN4O2/c1-2-30-18-9-7-17(8-10-18)21-15-22(26-16-25-21)27-11-13-28(14-12-27)23(29)19-5-3-4-6-20(19)24/h3-10,15-16H,2,11-14H2,1H3. The van der Waals surface area contributed by atoms with Gasteiger partial charge in [0.2, 0.25) is 0 Å². The van der Waals surface area contributed by atoms with E-state index in [0.717, 1.165) is 45.0 Å². The van der Waals surface area contributed by atoms with Crippen molar-refractivity contribution < 1.29 is 9.53 Å². The zero-order chi connectivity index (χ0) is 20.9. The fraction of sp³-hybridized carbons (Fsp3) is 0.261. The Labute approximate surface area is 190 Å². The zero-order valence-corrected chi connectivity index (χ0v) is 18.9. The summed E-state index contributed by atoms with van der Waals surface area (Å²) in [4.78, 5) is 25.9. The highest BCUT2D eigenvalue weighted by atomic mass is 127. The van der Waals surface area contributed by atoms with Crippen LogP contribution in [0.3, 0.4) is 0 Å². The summed E-state index contributed by atoms with van der Waals surface area (Å²) in [5.41, 5.74) is 2.67. The molecule has 1 aromatic heterocycles. The number of carbonyl (C=O) groups excluding carboxylic acids is 1. The fourth-order valence-corrected chi connectivity index (χ4v) is 4.13. The van der Waals surface area contributed by atoms with E-state index in [9.17, 15) is 4.79 Å². The van der Waals surface area contributed by atoms with E-state index in [4.69, 9.17) is 4.74 Å². The molecule has 1 aliphatic heterocycles. The molecule has 3 aromatic rings. The minimum Gasteiger partial charge on any atom is -0.494 e. The summed E-state index contributed by atoms with van der Waals surface area (Å²) < 4.78 is 6.50. The monoisotopic (exact) mass is 514 g/mol. The molecule has 0 saturated carbocycles. The van der Waals surface area contributed by atoms with Gasteiger partial charge in [0, 0.05) is 41.4 Å². The summed E-state index contributed by atoms with van der Waals surface area (Å²) in [7, 11) is 0. The maximum absolute atomic E-state index is 12.8. The first-order valence-electron chi connectivity index (χ1n) is 9.99. The lowest BCUT2D eigenvalue weighted by Crippen LogP contribution is -2.49. The minimum absolute atomic E-state index is 0.0948. The van der Waals surface area contributed by atoms with Crippen LogP contribution in [0.15, 0.2) is 60.9 Å². The highest BCUT2D eigenvalue weighted by Gasteiger charge is 2.24. The molecule has 4 rings (SSSR count). The van der Waals surface area contributed by atoms with Gasteiger partial charge < -0.3 is 14.5 Å². The van der Waals surface area contributed by atoms with Crippen molar-refractivity contribution in [1.82, 2.24) is 14.9 Å². The second-order valence-electron chi connectivity index (χ2n) is 6.98. The quantitative estimate of drug-likeness (QED) is 0.480. The van der Waals surface area contributed by atoms with Crippen LogP contribution in [0.1, 0.15) is 17.3 Å². The molecule has 6 nitrogen and oxygen atoms in total. The number of rotatable bonds is 5. The summed E-state index contributed by atoms with van der Waals surface area (Å²) in [6, 6.07) is 17.7. The number of amides is 1. The Morgan fingerprint density at radius 3 is 2.47 bits per heavy atom. The number of benzene rings is 2. The van der Waals surface area contributed by atoms with Crippen LogP contribution in [0.2, 0.25) is 0 Å². The summed E-state index contributed by atoms with van der Waals surface area (Å²) in [5, 5.41) is 0. The van der Waals surface area contributed by atoms with Gasteiger partial charge in [-0.25, -0.2) is 9.97 Å². The van der Waals surface area contributed by atoms with Crippen LogP contribution in [-0.4, -0.2) is 53.6 Å². The number of hydrogen-bond donors (Lipinski definition) is 0. The van der Waals surface area contributed by atoms with E-state index in [2.05, 4.69) is 37.5 Å². The van der Waals surface area contributed by atoms with Gasteiger partial charge >= 0.3 is 0 Å². The molecule has 0 atom stereocenters. The van der Waals surface area contributed by atoms with Crippen molar-refractivity contribution >= 4 is 34.3 Å². The first-order chi connectivity index (χ1) is 14.7. The van der Waals surface area contributed by atoms with Crippen molar-refractivity contribution in [3.05, 3.63) is 70.1 Å². The molecule has 1 aliphatic rings. The molecule has 30 heavy (non-hydrogen) atoms. The van der Waals surface area contributed by atoms with E-state index in [0.29, 0.717) is 19.7 Å². The van der Waals surface area contributed by atoms with Gasteiger partial charge in [-0.05, 0) is 65.9 Å². The van der Waals surface area contributed by atoms with Crippen LogP contribution in [0.4, 0.5) is 5.82 Å². The van der Waals surface area contributed by atoms with Crippen LogP contribution in [-0.2, 0) is 0 Å². The van der Waals surface area contributed by atoms with Gasteiger partial charge in [0.05, 0.1) is 17.9 Å². The van der Waals surface area contributed by atoms with Crippen molar-refractivity contribution in [2.75, 3.05) is 37.7 Å². The third kappa shape index (κ3) is 4.56. The Balaban J connectivity index is 1.43. The van der Waals surface area contributed by atoms with Crippen LogP contribution < -0.4 is 9.64 Å². The predicted molar refractivity (Wildman–Crippen MR) is 126 cm³/mol. The highest BCUT2D eigenvalue weighted by molar-refractivity contribution is 14.1. The average Bonchev–Trinajstić information content (AvgIpc) is 2.80. The maximum atomic E-state index is 12.8. The van der Waals surface area contributed by atoms with Crippen molar-refractivity contribution in [2.24, 2.45) is 0 Å². The SMILES string of the molecule is CCOc1ccc(-c2cc(N3CCN(C(=O)c4ccccc4I)CC3)ncn2)cc1. The van der Waals surface area contributed by atoms with Crippen molar-refractivity contribution in [1.29, 1.82) is 0 Å². The van der Waals surface area contributed by atoms with Gasteiger partial charge in [-0.2, -0.15) is 0 Å². The average molecular weight is 514 g/mol. The third-order valence-corrected chi connectivity index (χ3v) is 6.05.